The van der Waals surface area contributed by atoms with E-state index >= 15 is 0 Å². The summed E-state index contributed by atoms with van der Waals surface area (Å²) in [5.41, 5.74) is 1.08. The zero-order chi connectivity index (χ0) is 14.2. The normalized spacial score (nSPS) is 9.65. The molecule has 2 N–H and O–H groups in total. The first-order valence-electron chi connectivity index (χ1n) is 6.15. The second kappa shape index (κ2) is 7.43. The first kappa shape index (κ1) is 14.3. The Balaban J connectivity index is 2.07. The number of aliphatic hydroxyl groups excluding tert-OH is 1. The Labute approximate surface area is 121 Å². The molecule has 0 fully saturated rings. The predicted octanol–water partition coefficient (Wildman–Crippen LogP) is 1.81. The van der Waals surface area contributed by atoms with Crippen molar-refractivity contribution in [2.75, 3.05) is 6.61 Å². The average Bonchev–Trinajstić information content (AvgIpc) is 2.99. The molecule has 0 saturated heterocycles. The number of carbonyl (C=O) groups excluding carboxylic acids is 1. The molecule has 0 saturated carbocycles. The Morgan fingerprint density at radius 1 is 1.45 bits per heavy atom. The van der Waals surface area contributed by atoms with Crippen LogP contribution in [0.3, 0.4) is 0 Å². The highest BCUT2D eigenvalue weighted by Gasteiger charge is 2.09. The number of aliphatic hydroxyl groups is 1. The van der Waals surface area contributed by atoms with Crippen LogP contribution in [-0.4, -0.2) is 22.6 Å². The van der Waals surface area contributed by atoms with E-state index in [0.717, 1.165) is 4.88 Å². The lowest BCUT2D eigenvalue weighted by molar-refractivity contribution is 0.0951. The number of carbonyl (C=O) groups is 1. The average molecular weight is 286 g/mol. The molecule has 0 spiro atoms. The van der Waals surface area contributed by atoms with Crippen molar-refractivity contribution in [2.45, 2.75) is 13.0 Å². The number of nitrogens with zero attached hydrogens (tertiary/aromatic N) is 1. The van der Waals surface area contributed by atoms with Gasteiger partial charge in [-0.2, -0.15) is 0 Å². The lowest BCUT2D eigenvalue weighted by Crippen LogP contribution is -2.23. The molecule has 2 aromatic rings. The lowest BCUT2D eigenvalue weighted by atomic mass is 10.1. The summed E-state index contributed by atoms with van der Waals surface area (Å²) in [6, 6.07) is 5.57. The van der Waals surface area contributed by atoms with E-state index in [1.807, 2.05) is 17.5 Å². The van der Waals surface area contributed by atoms with Crippen molar-refractivity contribution in [1.82, 2.24) is 10.3 Å². The summed E-state index contributed by atoms with van der Waals surface area (Å²) >= 11 is 1.60. The van der Waals surface area contributed by atoms with E-state index in [1.165, 1.54) is 0 Å². The number of nitrogens with one attached hydrogen (secondary N) is 1. The number of pyridine rings is 1. The van der Waals surface area contributed by atoms with Gasteiger partial charge in [0.15, 0.2) is 0 Å². The van der Waals surface area contributed by atoms with E-state index < -0.39 is 0 Å². The minimum absolute atomic E-state index is 0.00711. The van der Waals surface area contributed by atoms with Crippen LogP contribution in [0.15, 0.2) is 36.0 Å². The van der Waals surface area contributed by atoms with Gasteiger partial charge in [-0.05, 0) is 17.5 Å². The van der Waals surface area contributed by atoms with Crippen molar-refractivity contribution in [3.05, 3.63) is 52.0 Å². The first-order valence-corrected chi connectivity index (χ1v) is 7.03. The van der Waals surface area contributed by atoms with Gasteiger partial charge in [0, 0.05) is 23.7 Å². The maximum absolute atomic E-state index is 12.1. The van der Waals surface area contributed by atoms with Crippen molar-refractivity contribution >= 4 is 17.2 Å². The highest BCUT2D eigenvalue weighted by atomic mass is 32.1. The fraction of sp³-hybridized carbons (Fsp3) is 0.200. The minimum atomic E-state index is -0.172. The van der Waals surface area contributed by atoms with Crippen LogP contribution in [0.1, 0.15) is 27.2 Å². The van der Waals surface area contributed by atoms with Crippen LogP contribution in [0.2, 0.25) is 0 Å². The van der Waals surface area contributed by atoms with E-state index in [0.29, 0.717) is 24.1 Å². The van der Waals surface area contributed by atoms with Gasteiger partial charge in [-0.1, -0.05) is 17.9 Å². The maximum Gasteiger partial charge on any atom is 0.252 e. The molecule has 0 bridgehead atoms. The molecule has 5 heteroatoms. The van der Waals surface area contributed by atoms with E-state index in [1.54, 1.807) is 29.8 Å². The summed E-state index contributed by atoms with van der Waals surface area (Å²) in [5, 5.41) is 13.5. The minimum Gasteiger partial charge on any atom is -0.395 e. The summed E-state index contributed by atoms with van der Waals surface area (Å²) in [5.74, 6) is 5.48. The molecule has 20 heavy (non-hydrogen) atoms. The smallest absolute Gasteiger partial charge is 0.252 e. The molecule has 1 amide bonds. The molecule has 2 rings (SSSR count). The fourth-order valence-corrected chi connectivity index (χ4v) is 2.23. The van der Waals surface area contributed by atoms with Crippen molar-refractivity contribution in [2.24, 2.45) is 0 Å². The van der Waals surface area contributed by atoms with Gasteiger partial charge in [-0.25, -0.2) is 0 Å². The van der Waals surface area contributed by atoms with Gasteiger partial charge in [0.1, 0.15) is 0 Å². The zero-order valence-electron chi connectivity index (χ0n) is 10.8. The molecular formula is C15H14N2O2S. The van der Waals surface area contributed by atoms with Crippen LogP contribution in [0.5, 0.6) is 0 Å². The van der Waals surface area contributed by atoms with Crippen molar-refractivity contribution in [1.29, 1.82) is 0 Å². The number of rotatable bonds is 4. The summed E-state index contributed by atoms with van der Waals surface area (Å²) < 4.78 is 0. The molecule has 0 atom stereocenters. The summed E-state index contributed by atoms with van der Waals surface area (Å²) in [6.45, 7) is 0.509. The Morgan fingerprint density at radius 2 is 2.35 bits per heavy atom. The number of hydrogen-bond donors (Lipinski definition) is 2. The SMILES string of the molecule is O=C(NCc1cccs1)c1ccncc1C#CCCO. The standard InChI is InChI=1S/C15H14N2O2S/c18-8-2-1-4-12-10-16-7-6-14(12)15(19)17-11-13-5-3-9-20-13/h3,5-7,9-10,18H,2,8,11H2,(H,17,19). The first-order chi connectivity index (χ1) is 9.81. The van der Waals surface area contributed by atoms with Crippen LogP contribution in [0.4, 0.5) is 0 Å². The number of hydrogen-bond acceptors (Lipinski definition) is 4. The molecule has 2 heterocycles. The van der Waals surface area contributed by atoms with Crippen LogP contribution in [-0.2, 0) is 6.54 Å². The molecule has 0 aliphatic heterocycles. The van der Waals surface area contributed by atoms with E-state index in [-0.39, 0.29) is 12.5 Å². The van der Waals surface area contributed by atoms with Gasteiger partial charge in [-0.15, -0.1) is 11.3 Å². The van der Waals surface area contributed by atoms with Crippen LogP contribution in [0.25, 0.3) is 0 Å². The largest absolute Gasteiger partial charge is 0.395 e. The quantitative estimate of drug-likeness (QED) is 0.843. The monoisotopic (exact) mass is 286 g/mol. The van der Waals surface area contributed by atoms with Crippen molar-refractivity contribution < 1.29 is 9.90 Å². The molecule has 102 valence electrons. The second-order valence-corrected chi connectivity index (χ2v) is 4.99. The van der Waals surface area contributed by atoms with Crippen molar-refractivity contribution in [3.8, 4) is 11.8 Å². The molecule has 0 radical (unpaired) electrons. The summed E-state index contributed by atoms with van der Waals surface area (Å²) in [7, 11) is 0. The zero-order valence-corrected chi connectivity index (χ0v) is 11.6. The van der Waals surface area contributed by atoms with E-state index in [9.17, 15) is 4.79 Å². The topological polar surface area (TPSA) is 62.2 Å². The lowest BCUT2D eigenvalue weighted by Gasteiger charge is -2.05. The van der Waals surface area contributed by atoms with Crippen molar-refractivity contribution in [3.63, 3.8) is 0 Å². The molecule has 0 unspecified atom stereocenters. The van der Waals surface area contributed by atoms with Gasteiger partial charge in [0.25, 0.3) is 5.91 Å². The molecule has 2 aromatic heterocycles. The summed E-state index contributed by atoms with van der Waals surface area (Å²) in [6.07, 6.45) is 3.51. The van der Waals surface area contributed by atoms with E-state index in [2.05, 4.69) is 22.1 Å². The Hall–Kier alpha value is -2.16. The fourth-order valence-electron chi connectivity index (χ4n) is 1.58. The number of aromatic nitrogens is 1. The molecule has 0 aromatic carbocycles. The van der Waals surface area contributed by atoms with Crippen LogP contribution in [0, 0.1) is 11.8 Å². The Kier molecular flexibility index (Phi) is 5.30. The van der Waals surface area contributed by atoms with Crippen LogP contribution < -0.4 is 5.32 Å². The van der Waals surface area contributed by atoms with Gasteiger partial charge >= 0.3 is 0 Å². The van der Waals surface area contributed by atoms with Gasteiger partial charge in [-0.3, -0.25) is 9.78 Å². The molecule has 0 aliphatic carbocycles. The molecule has 4 nitrogen and oxygen atoms in total. The number of amides is 1. The molecular weight excluding hydrogens is 272 g/mol. The third kappa shape index (κ3) is 3.92. The summed E-state index contributed by atoms with van der Waals surface area (Å²) in [4.78, 5) is 17.2. The van der Waals surface area contributed by atoms with Crippen LogP contribution >= 0.6 is 11.3 Å². The third-order valence-corrected chi connectivity index (χ3v) is 3.41. The number of thiophene rings is 1. The van der Waals surface area contributed by atoms with Gasteiger partial charge in [0.2, 0.25) is 0 Å². The van der Waals surface area contributed by atoms with Gasteiger partial charge in [0.05, 0.1) is 24.3 Å². The maximum atomic E-state index is 12.1. The van der Waals surface area contributed by atoms with E-state index in [4.69, 9.17) is 5.11 Å². The highest BCUT2D eigenvalue weighted by molar-refractivity contribution is 7.09. The predicted molar refractivity (Wildman–Crippen MR) is 78.3 cm³/mol. The van der Waals surface area contributed by atoms with Gasteiger partial charge < -0.3 is 10.4 Å². The Morgan fingerprint density at radius 3 is 3.10 bits per heavy atom. The Bertz CT molecular complexity index is 627. The third-order valence-electron chi connectivity index (χ3n) is 2.53. The second-order valence-electron chi connectivity index (χ2n) is 3.96. The molecule has 0 aliphatic rings. The highest BCUT2D eigenvalue weighted by Crippen LogP contribution is 2.09.